The fourth-order valence-electron chi connectivity index (χ4n) is 5.27. The van der Waals surface area contributed by atoms with E-state index in [1.807, 2.05) is 0 Å². The van der Waals surface area contributed by atoms with Crippen molar-refractivity contribution in [1.29, 1.82) is 0 Å². The number of nitrogens with one attached hydrogen (secondary N) is 1. The maximum atomic E-state index is 12.7. The van der Waals surface area contributed by atoms with Crippen LogP contribution in [0.2, 0.25) is 0 Å². The number of hydrogen-bond donors (Lipinski definition) is 1. The Hall–Kier alpha value is -1.48. The molecule has 3 heterocycles. The lowest BCUT2D eigenvalue weighted by molar-refractivity contribution is -0.126. The Morgan fingerprint density at radius 2 is 1.50 bits per heavy atom. The van der Waals surface area contributed by atoms with E-state index in [2.05, 4.69) is 40.5 Å². The van der Waals surface area contributed by atoms with E-state index in [0.29, 0.717) is 45.6 Å². The van der Waals surface area contributed by atoms with Gasteiger partial charge in [0.1, 0.15) is 0 Å². The molecule has 8 heteroatoms. The lowest BCUT2D eigenvalue weighted by Crippen LogP contribution is -2.48. The number of nitrogens with zero attached hydrogens (tertiary/aromatic N) is 3. The zero-order valence-electron chi connectivity index (χ0n) is 19.1. The maximum Gasteiger partial charge on any atom is 0.281 e. The van der Waals surface area contributed by atoms with E-state index < -0.39 is 10.2 Å². The van der Waals surface area contributed by atoms with Crippen LogP contribution in [0.15, 0.2) is 30.3 Å². The number of carbonyl (C=O) groups is 1. The average molecular weight is 463 g/mol. The summed E-state index contributed by atoms with van der Waals surface area (Å²) in [6.07, 6.45) is 6.72. The molecule has 178 valence electrons. The van der Waals surface area contributed by atoms with Crippen molar-refractivity contribution >= 4 is 16.1 Å². The van der Waals surface area contributed by atoms with Gasteiger partial charge in [-0.15, -0.1) is 0 Å². The Morgan fingerprint density at radius 1 is 0.875 bits per heavy atom. The van der Waals surface area contributed by atoms with Crippen LogP contribution in [0.25, 0.3) is 0 Å². The molecule has 0 unspecified atom stereocenters. The third-order valence-corrected chi connectivity index (χ3v) is 9.38. The van der Waals surface area contributed by atoms with Gasteiger partial charge in [-0.25, -0.2) is 0 Å². The molecule has 0 bridgehead atoms. The van der Waals surface area contributed by atoms with Gasteiger partial charge in [0.25, 0.3) is 10.2 Å². The highest BCUT2D eigenvalue weighted by Crippen LogP contribution is 2.24. The second-order valence-corrected chi connectivity index (χ2v) is 11.5. The van der Waals surface area contributed by atoms with Gasteiger partial charge >= 0.3 is 0 Å². The van der Waals surface area contributed by atoms with Crippen LogP contribution in [0.3, 0.4) is 0 Å². The molecular formula is C24H38N4O3S. The van der Waals surface area contributed by atoms with Gasteiger partial charge in [0.2, 0.25) is 5.91 Å². The van der Waals surface area contributed by atoms with Crippen LogP contribution in [0.5, 0.6) is 0 Å². The first-order chi connectivity index (χ1) is 15.5. The highest BCUT2D eigenvalue weighted by Gasteiger charge is 2.35. The average Bonchev–Trinajstić information content (AvgIpc) is 3.37. The van der Waals surface area contributed by atoms with Crippen LogP contribution < -0.4 is 5.32 Å². The van der Waals surface area contributed by atoms with E-state index in [0.717, 1.165) is 44.8 Å². The lowest BCUT2D eigenvalue weighted by atomic mass is 9.90. The van der Waals surface area contributed by atoms with E-state index >= 15 is 0 Å². The van der Waals surface area contributed by atoms with Crippen LogP contribution in [0.4, 0.5) is 0 Å². The van der Waals surface area contributed by atoms with Gasteiger partial charge < -0.3 is 10.2 Å². The van der Waals surface area contributed by atoms with Gasteiger partial charge in [0.05, 0.1) is 0 Å². The van der Waals surface area contributed by atoms with Gasteiger partial charge in [-0.1, -0.05) is 30.3 Å². The number of amides is 1. The van der Waals surface area contributed by atoms with E-state index in [1.54, 1.807) is 8.61 Å². The van der Waals surface area contributed by atoms with Crippen molar-refractivity contribution in [2.45, 2.75) is 44.9 Å². The van der Waals surface area contributed by atoms with Gasteiger partial charge in [-0.05, 0) is 69.5 Å². The predicted octanol–water partition coefficient (Wildman–Crippen LogP) is 2.11. The summed E-state index contributed by atoms with van der Waals surface area (Å²) in [5.41, 5.74) is 1.43. The van der Waals surface area contributed by atoms with E-state index in [-0.39, 0.29) is 11.8 Å². The van der Waals surface area contributed by atoms with Crippen LogP contribution in [-0.4, -0.2) is 80.2 Å². The monoisotopic (exact) mass is 462 g/mol. The van der Waals surface area contributed by atoms with Crippen molar-refractivity contribution in [2.24, 2.45) is 11.8 Å². The molecule has 1 amide bonds. The normalized spacial score (nSPS) is 22.9. The number of benzene rings is 1. The Labute approximate surface area is 193 Å². The standard InChI is InChI=1S/C24H38N4O3S/c29-24(23-10-17-28(18-11-23)32(30,31)27-13-4-5-14-27)25-12-19-26-15-8-22(9-16-26)20-21-6-2-1-3-7-21/h1-3,6-7,22-23H,4-5,8-20H2,(H,25,29). The van der Waals surface area contributed by atoms with Crippen LogP contribution in [-0.2, 0) is 21.4 Å². The first-order valence-corrected chi connectivity index (χ1v) is 13.7. The molecule has 0 spiro atoms. The molecular weight excluding hydrogens is 424 g/mol. The molecule has 1 aromatic rings. The quantitative estimate of drug-likeness (QED) is 0.642. The molecule has 7 nitrogen and oxygen atoms in total. The van der Waals surface area contributed by atoms with Gasteiger partial charge in [0.15, 0.2) is 0 Å². The van der Waals surface area contributed by atoms with Gasteiger partial charge in [0, 0.05) is 45.2 Å². The Morgan fingerprint density at radius 3 is 2.16 bits per heavy atom. The van der Waals surface area contributed by atoms with Crippen molar-refractivity contribution in [3.63, 3.8) is 0 Å². The minimum Gasteiger partial charge on any atom is -0.355 e. The summed E-state index contributed by atoms with van der Waals surface area (Å²) in [4.78, 5) is 15.1. The molecule has 0 atom stereocenters. The number of piperidine rings is 2. The van der Waals surface area contributed by atoms with Crippen LogP contribution in [0, 0.1) is 11.8 Å². The molecule has 32 heavy (non-hydrogen) atoms. The lowest BCUT2D eigenvalue weighted by Gasteiger charge is -2.34. The van der Waals surface area contributed by atoms with Gasteiger partial charge in [-0.2, -0.15) is 17.0 Å². The van der Waals surface area contributed by atoms with E-state index in [4.69, 9.17) is 0 Å². The van der Waals surface area contributed by atoms with Crippen molar-refractivity contribution in [1.82, 2.24) is 18.8 Å². The zero-order chi connectivity index (χ0) is 22.4. The molecule has 0 aliphatic carbocycles. The zero-order valence-corrected chi connectivity index (χ0v) is 19.9. The Bertz CT molecular complexity index is 826. The fraction of sp³-hybridized carbons (Fsp3) is 0.708. The smallest absolute Gasteiger partial charge is 0.281 e. The second kappa shape index (κ2) is 11.1. The summed E-state index contributed by atoms with van der Waals surface area (Å²) >= 11 is 0. The number of rotatable bonds is 8. The molecule has 1 aromatic carbocycles. The second-order valence-electron chi connectivity index (χ2n) is 9.55. The highest BCUT2D eigenvalue weighted by atomic mass is 32.2. The summed E-state index contributed by atoms with van der Waals surface area (Å²) in [5, 5.41) is 3.10. The molecule has 0 radical (unpaired) electrons. The number of likely N-dealkylation sites (tertiary alicyclic amines) is 1. The van der Waals surface area contributed by atoms with Gasteiger partial charge in [-0.3, -0.25) is 4.79 Å². The molecule has 3 saturated heterocycles. The van der Waals surface area contributed by atoms with E-state index in [1.165, 1.54) is 18.4 Å². The minimum atomic E-state index is -3.34. The molecule has 3 aliphatic rings. The number of hydrogen-bond acceptors (Lipinski definition) is 4. The summed E-state index contributed by atoms with van der Waals surface area (Å²) in [6, 6.07) is 10.7. The first kappa shape index (κ1) is 23.7. The summed E-state index contributed by atoms with van der Waals surface area (Å²) in [6.45, 7) is 5.93. The maximum absolute atomic E-state index is 12.7. The predicted molar refractivity (Wildman–Crippen MR) is 126 cm³/mol. The topological polar surface area (TPSA) is 73.0 Å². The summed E-state index contributed by atoms with van der Waals surface area (Å²) < 4.78 is 28.5. The van der Waals surface area contributed by atoms with Crippen molar-refractivity contribution in [3.05, 3.63) is 35.9 Å². The van der Waals surface area contributed by atoms with Crippen molar-refractivity contribution in [3.8, 4) is 0 Å². The summed E-state index contributed by atoms with van der Waals surface area (Å²) in [7, 11) is -3.34. The molecule has 3 fully saturated rings. The fourth-order valence-corrected chi connectivity index (χ4v) is 6.99. The minimum absolute atomic E-state index is 0.0726. The highest BCUT2D eigenvalue weighted by molar-refractivity contribution is 7.86. The molecule has 0 aromatic heterocycles. The Balaban J connectivity index is 1.11. The summed E-state index contributed by atoms with van der Waals surface area (Å²) in [5.74, 6) is 0.768. The molecule has 3 aliphatic heterocycles. The largest absolute Gasteiger partial charge is 0.355 e. The third-order valence-electron chi connectivity index (χ3n) is 7.34. The SMILES string of the molecule is O=C(NCCN1CCC(Cc2ccccc2)CC1)C1CCN(S(=O)(=O)N2CCCC2)CC1. The van der Waals surface area contributed by atoms with E-state index in [9.17, 15) is 13.2 Å². The third kappa shape index (κ3) is 6.10. The Kier molecular flexibility index (Phi) is 8.21. The molecule has 1 N–H and O–H groups in total. The molecule has 4 rings (SSSR count). The molecule has 0 saturated carbocycles. The number of carbonyl (C=O) groups excluding carboxylic acids is 1. The van der Waals surface area contributed by atoms with Crippen molar-refractivity contribution in [2.75, 3.05) is 52.4 Å². The van der Waals surface area contributed by atoms with Crippen LogP contribution in [0.1, 0.15) is 44.1 Å². The first-order valence-electron chi connectivity index (χ1n) is 12.3. The van der Waals surface area contributed by atoms with Crippen molar-refractivity contribution < 1.29 is 13.2 Å². The van der Waals surface area contributed by atoms with Crippen LogP contribution >= 0.6 is 0 Å².